The van der Waals surface area contributed by atoms with Crippen molar-refractivity contribution in [3.63, 3.8) is 0 Å². The van der Waals surface area contributed by atoms with Gasteiger partial charge in [0.2, 0.25) is 5.89 Å². The van der Waals surface area contributed by atoms with Crippen LogP contribution in [0.4, 0.5) is 4.39 Å². The van der Waals surface area contributed by atoms with Crippen LogP contribution < -0.4 is 0 Å². The molecular formula is C11H10ClFN2O2S. The molecule has 1 aromatic heterocycles. The standard InChI is InChI=1S/C11H10ClFN2O2S/c12-8-2-1-3-9(13)7(8)6-10-14-15-11(17-10)18-5-4-16/h1-3,16H,4-6H2. The van der Waals surface area contributed by atoms with Gasteiger partial charge in [0.25, 0.3) is 5.22 Å². The van der Waals surface area contributed by atoms with Crippen LogP contribution in [0.1, 0.15) is 11.5 Å². The second-order valence-electron chi connectivity index (χ2n) is 3.41. The van der Waals surface area contributed by atoms with Gasteiger partial charge in [0, 0.05) is 16.3 Å². The van der Waals surface area contributed by atoms with Crippen LogP contribution in [-0.4, -0.2) is 27.7 Å². The summed E-state index contributed by atoms with van der Waals surface area (Å²) in [6, 6.07) is 4.48. The fraction of sp³-hybridized carbons (Fsp3) is 0.273. The molecule has 0 aliphatic heterocycles. The van der Waals surface area contributed by atoms with Crippen molar-refractivity contribution in [2.24, 2.45) is 0 Å². The van der Waals surface area contributed by atoms with Crippen LogP contribution in [0.2, 0.25) is 5.02 Å². The molecule has 0 amide bonds. The van der Waals surface area contributed by atoms with E-state index in [9.17, 15) is 4.39 Å². The maximum atomic E-state index is 13.5. The topological polar surface area (TPSA) is 59.2 Å². The van der Waals surface area contributed by atoms with Crippen LogP contribution in [0.15, 0.2) is 27.8 Å². The van der Waals surface area contributed by atoms with E-state index in [0.717, 1.165) is 0 Å². The summed E-state index contributed by atoms with van der Waals surface area (Å²) < 4.78 is 18.8. The Morgan fingerprint density at radius 2 is 2.22 bits per heavy atom. The Kier molecular flexibility index (Phi) is 4.57. The minimum absolute atomic E-state index is 0.0293. The first-order valence-corrected chi connectivity index (χ1v) is 6.56. The Morgan fingerprint density at radius 1 is 1.39 bits per heavy atom. The molecule has 0 fully saturated rings. The van der Waals surface area contributed by atoms with Gasteiger partial charge < -0.3 is 9.52 Å². The van der Waals surface area contributed by atoms with Crippen molar-refractivity contribution in [1.29, 1.82) is 0 Å². The highest BCUT2D eigenvalue weighted by Gasteiger charge is 2.12. The normalized spacial score (nSPS) is 10.8. The molecule has 0 unspecified atom stereocenters. The van der Waals surface area contributed by atoms with E-state index in [1.165, 1.54) is 23.9 Å². The summed E-state index contributed by atoms with van der Waals surface area (Å²) in [4.78, 5) is 0. The molecule has 0 radical (unpaired) electrons. The molecule has 7 heteroatoms. The Hall–Kier alpha value is -1.11. The van der Waals surface area contributed by atoms with Gasteiger partial charge in [-0.25, -0.2) is 4.39 Å². The summed E-state index contributed by atoms with van der Waals surface area (Å²) in [6.07, 6.45) is 0.151. The quantitative estimate of drug-likeness (QED) is 0.857. The zero-order valence-electron chi connectivity index (χ0n) is 9.27. The van der Waals surface area contributed by atoms with E-state index < -0.39 is 5.82 Å². The van der Waals surface area contributed by atoms with Gasteiger partial charge in [-0.3, -0.25) is 0 Å². The molecule has 0 aliphatic rings. The van der Waals surface area contributed by atoms with Gasteiger partial charge in [0.05, 0.1) is 13.0 Å². The van der Waals surface area contributed by atoms with E-state index >= 15 is 0 Å². The summed E-state index contributed by atoms with van der Waals surface area (Å²) in [5.41, 5.74) is 0.335. The van der Waals surface area contributed by atoms with E-state index in [4.69, 9.17) is 21.1 Å². The number of thioether (sulfide) groups is 1. The van der Waals surface area contributed by atoms with E-state index in [1.54, 1.807) is 6.07 Å². The molecule has 1 aromatic carbocycles. The Labute approximate surface area is 112 Å². The lowest BCUT2D eigenvalue weighted by Gasteiger charge is -2.01. The highest BCUT2D eigenvalue weighted by molar-refractivity contribution is 7.99. The SMILES string of the molecule is OCCSc1nnc(Cc2c(F)cccc2Cl)o1. The second kappa shape index (κ2) is 6.17. The Balaban J connectivity index is 2.11. The van der Waals surface area contributed by atoms with Gasteiger partial charge in [0.1, 0.15) is 5.82 Å². The molecule has 0 atom stereocenters. The van der Waals surface area contributed by atoms with E-state index in [0.29, 0.717) is 27.5 Å². The third-order valence-electron chi connectivity index (χ3n) is 2.15. The van der Waals surface area contributed by atoms with Crippen molar-refractivity contribution in [3.05, 3.63) is 40.5 Å². The molecule has 0 aliphatic carbocycles. The Bertz CT molecular complexity index is 515. The summed E-state index contributed by atoms with van der Waals surface area (Å²) in [6.45, 7) is 0.0293. The molecule has 0 saturated carbocycles. The molecule has 2 aromatic rings. The Morgan fingerprint density at radius 3 is 2.94 bits per heavy atom. The maximum Gasteiger partial charge on any atom is 0.276 e. The van der Waals surface area contributed by atoms with Crippen LogP contribution >= 0.6 is 23.4 Å². The average molecular weight is 289 g/mol. The van der Waals surface area contributed by atoms with Crippen LogP contribution in [0.3, 0.4) is 0 Å². The van der Waals surface area contributed by atoms with E-state index in [1.807, 2.05) is 0 Å². The average Bonchev–Trinajstić information content (AvgIpc) is 2.79. The number of hydrogen-bond donors (Lipinski definition) is 1. The predicted octanol–water partition coefficient (Wildman–Crippen LogP) is 2.54. The zero-order valence-corrected chi connectivity index (χ0v) is 10.8. The van der Waals surface area contributed by atoms with Crippen molar-refractivity contribution in [2.45, 2.75) is 11.6 Å². The van der Waals surface area contributed by atoms with Crippen molar-refractivity contribution < 1.29 is 13.9 Å². The highest BCUT2D eigenvalue weighted by Crippen LogP contribution is 2.23. The molecule has 0 saturated heterocycles. The van der Waals surface area contributed by atoms with Crippen LogP contribution in [0.5, 0.6) is 0 Å². The number of rotatable bonds is 5. The molecule has 2 rings (SSSR count). The number of benzene rings is 1. The van der Waals surface area contributed by atoms with E-state index in [-0.39, 0.29) is 13.0 Å². The van der Waals surface area contributed by atoms with Gasteiger partial charge in [-0.15, -0.1) is 10.2 Å². The number of aromatic nitrogens is 2. The third kappa shape index (κ3) is 3.22. The minimum atomic E-state index is -0.398. The van der Waals surface area contributed by atoms with Gasteiger partial charge in [-0.1, -0.05) is 29.4 Å². The molecule has 1 heterocycles. The fourth-order valence-corrected chi connectivity index (χ4v) is 2.10. The first-order valence-electron chi connectivity index (χ1n) is 5.19. The first-order chi connectivity index (χ1) is 8.70. The monoisotopic (exact) mass is 288 g/mol. The van der Waals surface area contributed by atoms with Crippen molar-refractivity contribution in [3.8, 4) is 0 Å². The summed E-state index contributed by atoms with van der Waals surface area (Å²) in [5, 5.41) is 16.9. The van der Waals surface area contributed by atoms with E-state index in [2.05, 4.69) is 10.2 Å². The largest absolute Gasteiger partial charge is 0.416 e. The van der Waals surface area contributed by atoms with Crippen LogP contribution in [0, 0.1) is 5.82 Å². The smallest absolute Gasteiger partial charge is 0.276 e. The molecule has 0 bridgehead atoms. The summed E-state index contributed by atoms with van der Waals surface area (Å²) in [7, 11) is 0. The minimum Gasteiger partial charge on any atom is -0.416 e. The van der Waals surface area contributed by atoms with Gasteiger partial charge in [-0.2, -0.15) is 0 Å². The molecule has 96 valence electrons. The lowest BCUT2D eigenvalue weighted by atomic mass is 10.1. The fourth-order valence-electron chi connectivity index (χ4n) is 1.35. The summed E-state index contributed by atoms with van der Waals surface area (Å²) >= 11 is 7.14. The van der Waals surface area contributed by atoms with Gasteiger partial charge >= 0.3 is 0 Å². The second-order valence-corrected chi connectivity index (χ2v) is 4.86. The number of nitrogens with zero attached hydrogens (tertiary/aromatic N) is 2. The van der Waals surface area contributed by atoms with Crippen LogP contribution in [0.25, 0.3) is 0 Å². The van der Waals surface area contributed by atoms with Gasteiger partial charge in [0.15, 0.2) is 0 Å². The molecule has 0 spiro atoms. The van der Waals surface area contributed by atoms with Crippen molar-refractivity contribution in [2.75, 3.05) is 12.4 Å². The first kappa shape index (κ1) is 13.3. The molecular weight excluding hydrogens is 279 g/mol. The maximum absolute atomic E-state index is 13.5. The lowest BCUT2D eigenvalue weighted by Crippen LogP contribution is -1.94. The third-order valence-corrected chi connectivity index (χ3v) is 3.31. The predicted molar refractivity (Wildman–Crippen MR) is 66.3 cm³/mol. The zero-order chi connectivity index (χ0) is 13.0. The molecule has 1 N–H and O–H groups in total. The molecule has 18 heavy (non-hydrogen) atoms. The summed E-state index contributed by atoms with van der Waals surface area (Å²) in [5.74, 6) is 0.370. The lowest BCUT2D eigenvalue weighted by molar-refractivity contribution is 0.321. The highest BCUT2D eigenvalue weighted by atomic mass is 35.5. The van der Waals surface area contributed by atoms with Gasteiger partial charge in [-0.05, 0) is 12.1 Å². The number of aliphatic hydroxyl groups excluding tert-OH is 1. The van der Waals surface area contributed by atoms with Crippen molar-refractivity contribution in [1.82, 2.24) is 10.2 Å². The number of aliphatic hydroxyl groups is 1. The number of hydrogen-bond acceptors (Lipinski definition) is 5. The number of halogens is 2. The van der Waals surface area contributed by atoms with Crippen LogP contribution in [-0.2, 0) is 6.42 Å². The van der Waals surface area contributed by atoms with Crippen molar-refractivity contribution >= 4 is 23.4 Å². The molecule has 4 nitrogen and oxygen atoms in total.